The molecule has 1 N–H and O–H groups in total. The number of fused-ring (bicyclic) bond motifs is 6. The zero-order valence-corrected chi connectivity index (χ0v) is 15.6. The van der Waals surface area contributed by atoms with Crippen molar-refractivity contribution in [1.82, 2.24) is 4.98 Å². The zero-order chi connectivity index (χ0) is 19.4. The quantitative estimate of drug-likeness (QED) is 0.314. The summed E-state index contributed by atoms with van der Waals surface area (Å²) in [5.41, 5.74) is 3.07. The molecule has 0 amide bonds. The SMILES string of the molecule is Oc1ccc2c(ccc3c(-c4ccc5ccccc5c4)nc4ccccc4c32)c1. The Hall–Kier alpha value is -3.91. The Kier molecular flexibility index (Phi) is 3.35. The summed E-state index contributed by atoms with van der Waals surface area (Å²) in [5, 5.41) is 17.9. The number of hydrogen-bond donors (Lipinski definition) is 1. The van der Waals surface area contributed by atoms with E-state index in [0.29, 0.717) is 0 Å². The normalized spacial score (nSPS) is 11.6. The Bertz CT molecular complexity index is 1570. The van der Waals surface area contributed by atoms with Gasteiger partial charge in [0.1, 0.15) is 5.75 Å². The summed E-state index contributed by atoms with van der Waals surface area (Å²) in [6.45, 7) is 0. The predicted octanol–water partition coefficient (Wildman–Crippen LogP) is 7.07. The lowest BCUT2D eigenvalue weighted by Crippen LogP contribution is -1.91. The maximum atomic E-state index is 9.94. The van der Waals surface area contributed by atoms with Crippen molar-refractivity contribution in [2.45, 2.75) is 0 Å². The smallest absolute Gasteiger partial charge is 0.116 e. The molecule has 0 fully saturated rings. The molecule has 29 heavy (non-hydrogen) atoms. The standard InChI is InChI=1S/C27H17NO/c29-21-12-14-22-19(16-21)11-13-24-26(22)23-7-3-4-8-25(23)28-27(24)20-10-9-17-5-1-2-6-18(17)15-20/h1-16,29H. The van der Waals surface area contributed by atoms with Gasteiger partial charge in [-0.05, 0) is 45.8 Å². The fraction of sp³-hybridized carbons (Fsp3) is 0. The number of pyridine rings is 1. The third-order valence-corrected chi connectivity index (χ3v) is 5.69. The lowest BCUT2D eigenvalue weighted by Gasteiger charge is -2.13. The first-order valence-electron chi connectivity index (χ1n) is 9.71. The van der Waals surface area contributed by atoms with E-state index in [4.69, 9.17) is 4.98 Å². The molecule has 136 valence electrons. The van der Waals surface area contributed by atoms with Gasteiger partial charge in [-0.25, -0.2) is 4.98 Å². The van der Waals surface area contributed by atoms with Crippen molar-refractivity contribution in [2.75, 3.05) is 0 Å². The fourth-order valence-electron chi connectivity index (χ4n) is 4.32. The van der Waals surface area contributed by atoms with Crippen LogP contribution in [-0.4, -0.2) is 10.1 Å². The topological polar surface area (TPSA) is 33.1 Å². The molecular formula is C27H17NO. The summed E-state index contributed by atoms with van der Waals surface area (Å²) in [6.07, 6.45) is 0. The Morgan fingerprint density at radius 2 is 1.31 bits per heavy atom. The Morgan fingerprint density at radius 1 is 0.552 bits per heavy atom. The number of nitrogens with zero attached hydrogens (tertiary/aromatic N) is 1. The van der Waals surface area contributed by atoms with Gasteiger partial charge in [-0.2, -0.15) is 0 Å². The van der Waals surface area contributed by atoms with Crippen LogP contribution in [0.15, 0.2) is 97.1 Å². The molecule has 5 aromatic carbocycles. The highest BCUT2D eigenvalue weighted by Gasteiger charge is 2.13. The van der Waals surface area contributed by atoms with Gasteiger partial charge < -0.3 is 5.11 Å². The van der Waals surface area contributed by atoms with Crippen molar-refractivity contribution in [1.29, 1.82) is 0 Å². The van der Waals surface area contributed by atoms with Crippen LogP contribution in [0.1, 0.15) is 0 Å². The summed E-state index contributed by atoms with van der Waals surface area (Å²) in [4.78, 5) is 5.06. The highest BCUT2D eigenvalue weighted by molar-refractivity contribution is 6.22. The van der Waals surface area contributed by atoms with Crippen LogP contribution >= 0.6 is 0 Å². The number of phenolic OH excluding ortho intramolecular Hbond substituents is 1. The minimum atomic E-state index is 0.282. The minimum absolute atomic E-state index is 0.282. The van der Waals surface area contributed by atoms with Crippen LogP contribution in [0.25, 0.3) is 54.5 Å². The number of aromatic hydroxyl groups is 1. The van der Waals surface area contributed by atoms with E-state index in [1.54, 1.807) is 6.07 Å². The van der Waals surface area contributed by atoms with E-state index in [-0.39, 0.29) is 5.75 Å². The predicted molar refractivity (Wildman–Crippen MR) is 121 cm³/mol. The van der Waals surface area contributed by atoms with E-state index < -0.39 is 0 Å². The third-order valence-electron chi connectivity index (χ3n) is 5.69. The Balaban J connectivity index is 1.78. The number of hydrogen-bond acceptors (Lipinski definition) is 2. The molecule has 6 aromatic rings. The number of benzene rings is 5. The van der Waals surface area contributed by atoms with E-state index in [0.717, 1.165) is 38.3 Å². The molecule has 0 saturated heterocycles. The molecule has 0 aliphatic heterocycles. The number of aromatic nitrogens is 1. The van der Waals surface area contributed by atoms with Crippen LogP contribution in [-0.2, 0) is 0 Å². The lowest BCUT2D eigenvalue weighted by atomic mass is 9.94. The van der Waals surface area contributed by atoms with Gasteiger partial charge >= 0.3 is 0 Å². The monoisotopic (exact) mass is 371 g/mol. The molecule has 0 spiro atoms. The number of para-hydroxylation sites is 1. The van der Waals surface area contributed by atoms with Gasteiger partial charge in [0.2, 0.25) is 0 Å². The van der Waals surface area contributed by atoms with Gasteiger partial charge in [-0.15, -0.1) is 0 Å². The molecule has 1 aromatic heterocycles. The van der Waals surface area contributed by atoms with E-state index in [1.807, 2.05) is 18.2 Å². The molecule has 6 rings (SSSR count). The summed E-state index contributed by atoms with van der Waals surface area (Å²) < 4.78 is 0. The van der Waals surface area contributed by atoms with Gasteiger partial charge in [0.25, 0.3) is 0 Å². The molecule has 0 saturated carbocycles. The first-order valence-corrected chi connectivity index (χ1v) is 9.71. The second-order valence-corrected chi connectivity index (χ2v) is 7.43. The number of phenols is 1. The molecule has 2 nitrogen and oxygen atoms in total. The molecule has 0 aliphatic carbocycles. The van der Waals surface area contributed by atoms with Crippen molar-refractivity contribution >= 4 is 43.2 Å². The summed E-state index contributed by atoms with van der Waals surface area (Å²) >= 11 is 0. The maximum Gasteiger partial charge on any atom is 0.116 e. The second-order valence-electron chi connectivity index (χ2n) is 7.43. The van der Waals surface area contributed by atoms with Crippen LogP contribution < -0.4 is 0 Å². The van der Waals surface area contributed by atoms with Gasteiger partial charge in [-0.1, -0.05) is 72.8 Å². The first kappa shape index (κ1) is 16.1. The first-order chi connectivity index (χ1) is 14.3. The average Bonchev–Trinajstić information content (AvgIpc) is 2.77. The van der Waals surface area contributed by atoms with E-state index in [2.05, 4.69) is 72.8 Å². The third kappa shape index (κ3) is 2.46. The van der Waals surface area contributed by atoms with Gasteiger partial charge in [0.15, 0.2) is 0 Å². The fourth-order valence-corrected chi connectivity index (χ4v) is 4.32. The average molecular weight is 371 g/mol. The summed E-state index contributed by atoms with van der Waals surface area (Å²) in [5.74, 6) is 0.282. The molecule has 0 atom stereocenters. The highest BCUT2D eigenvalue weighted by Crippen LogP contribution is 2.38. The van der Waals surface area contributed by atoms with E-state index >= 15 is 0 Å². The largest absolute Gasteiger partial charge is 0.508 e. The van der Waals surface area contributed by atoms with Crippen molar-refractivity contribution in [3.8, 4) is 17.0 Å². The van der Waals surface area contributed by atoms with Crippen LogP contribution in [0.2, 0.25) is 0 Å². The molecule has 0 bridgehead atoms. The van der Waals surface area contributed by atoms with Crippen molar-refractivity contribution < 1.29 is 5.11 Å². The van der Waals surface area contributed by atoms with Crippen molar-refractivity contribution in [3.63, 3.8) is 0 Å². The summed E-state index contributed by atoms with van der Waals surface area (Å²) in [6, 6.07) is 33.0. The van der Waals surface area contributed by atoms with E-state index in [1.165, 1.54) is 16.2 Å². The highest BCUT2D eigenvalue weighted by atomic mass is 16.3. The minimum Gasteiger partial charge on any atom is -0.508 e. The van der Waals surface area contributed by atoms with Gasteiger partial charge in [0, 0.05) is 21.7 Å². The van der Waals surface area contributed by atoms with Crippen LogP contribution in [0, 0.1) is 0 Å². The molecule has 0 aliphatic rings. The summed E-state index contributed by atoms with van der Waals surface area (Å²) in [7, 11) is 0. The van der Waals surface area contributed by atoms with Gasteiger partial charge in [-0.3, -0.25) is 0 Å². The Labute approximate surface area is 167 Å². The van der Waals surface area contributed by atoms with Crippen molar-refractivity contribution in [3.05, 3.63) is 97.1 Å². The number of rotatable bonds is 1. The molecule has 1 heterocycles. The molecular weight excluding hydrogens is 354 g/mol. The molecule has 0 radical (unpaired) electrons. The van der Waals surface area contributed by atoms with Crippen LogP contribution in [0.3, 0.4) is 0 Å². The molecule has 2 heteroatoms. The molecule has 0 unspecified atom stereocenters. The van der Waals surface area contributed by atoms with Gasteiger partial charge in [0.05, 0.1) is 11.2 Å². The Morgan fingerprint density at radius 3 is 2.24 bits per heavy atom. The van der Waals surface area contributed by atoms with Crippen molar-refractivity contribution in [2.24, 2.45) is 0 Å². The zero-order valence-electron chi connectivity index (χ0n) is 15.6. The van der Waals surface area contributed by atoms with Crippen LogP contribution in [0.5, 0.6) is 5.75 Å². The second kappa shape index (κ2) is 6.05. The maximum absolute atomic E-state index is 9.94. The van der Waals surface area contributed by atoms with E-state index in [9.17, 15) is 5.11 Å². The van der Waals surface area contributed by atoms with Crippen LogP contribution in [0.4, 0.5) is 0 Å². The lowest BCUT2D eigenvalue weighted by molar-refractivity contribution is 0.476.